The molecule has 0 bridgehead atoms. The lowest BCUT2D eigenvalue weighted by Gasteiger charge is -2.32. The highest BCUT2D eigenvalue weighted by molar-refractivity contribution is 7.89. The minimum atomic E-state index is -4.25. The van der Waals surface area contributed by atoms with Crippen molar-refractivity contribution in [3.63, 3.8) is 0 Å². The van der Waals surface area contributed by atoms with Crippen molar-refractivity contribution in [2.24, 2.45) is 0 Å². The SMILES string of the molecule is COc1ccc(CN(Cc2ccc(OC)cc2)S(=O)(=O)c2cccc(B3OC(C)(C)C(C)(C)O3)c2-c2nnn(Cc3ccc(OC)cc3)n2)cc1. The number of aromatic nitrogens is 4. The van der Waals surface area contributed by atoms with Gasteiger partial charge in [0.15, 0.2) is 0 Å². The summed E-state index contributed by atoms with van der Waals surface area (Å²) in [5.74, 6) is 2.20. The third kappa shape index (κ3) is 7.64. The van der Waals surface area contributed by atoms with Crippen LogP contribution in [-0.4, -0.2) is 72.6 Å². The van der Waals surface area contributed by atoms with E-state index in [2.05, 4.69) is 10.3 Å². The second-order valence-corrected chi connectivity index (χ2v) is 15.2. The summed E-state index contributed by atoms with van der Waals surface area (Å²) in [6, 6.07) is 27.2. The van der Waals surface area contributed by atoms with Crippen LogP contribution >= 0.6 is 0 Å². The van der Waals surface area contributed by atoms with Crippen LogP contribution in [0.15, 0.2) is 95.9 Å². The molecule has 0 atom stereocenters. The smallest absolute Gasteiger partial charge is 0.495 e. The molecule has 0 spiro atoms. The molecule has 1 aromatic heterocycles. The number of ether oxygens (including phenoxy) is 3. The number of benzene rings is 4. The molecular weight excluding hydrogens is 669 g/mol. The third-order valence-corrected chi connectivity index (χ3v) is 11.2. The predicted octanol–water partition coefficient (Wildman–Crippen LogP) is 5.10. The first kappa shape index (κ1) is 36.0. The zero-order valence-corrected chi connectivity index (χ0v) is 30.7. The van der Waals surface area contributed by atoms with Crippen LogP contribution in [-0.2, 0) is 39.0 Å². The summed E-state index contributed by atoms with van der Waals surface area (Å²) >= 11 is 0. The summed E-state index contributed by atoms with van der Waals surface area (Å²) in [5, 5.41) is 13.4. The van der Waals surface area contributed by atoms with Crippen LogP contribution in [0.25, 0.3) is 11.4 Å². The maximum Gasteiger partial charge on any atom is 0.495 e. The fourth-order valence-corrected chi connectivity index (χ4v) is 7.34. The van der Waals surface area contributed by atoms with Crippen LogP contribution in [0.2, 0.25) is 0 Å². The molecule has 4 aromatic carbocycles. The van der Waals surface area contributed by atoms with Crippen LogP contribution in [0.3, 0.4) is 0 Å². The van der Waals surface area contributed by atoms with E-state index in [4.69, 9.17) is 28.6 Å². The van der Waals surface area contributed by atoms with Crippen LogP contribution in [0.4, 0.5) is 0 Å². The molecule has 5 aromatic rings. The summed E-state index contributed by atoms with van der Waals surface area (Å²) in [6.07, 6.45) is 0. The van der Waals surface area contributed by atoms with Gasteiger partial charge in [-0.05, 0) is 97.5 Å². The summed E-state index contributed by atoms with van der Waals surface area (Å²) < 4.78 is 60.4. The topological polar surface area (TPSA) is 127 Å². The van der Waals surface area contributed by atoms with E-state index in [9.17, 15) is 0 Å². The van der Waals surface area contributed by atoms with E-state index >= 15 is 8.42 Å². The van der Waals surface area contributed by atoms with Gasteiger partial charge in [-0.25, -0.2) is 8.42 Å². The molecule has 6 rings (SSSR count). The van der Waals surface area contributed by atoms with E-state index in [0.717, 1.165) is 22.4 Å². The average Bonchev–Trinajstić information content (AvgIpc) is 3.68. The van der Waals surface area contributed by atoms with Gasteiger partial charge < -0.3 is 23.5 Å². The van der Waals surface area contributed by atoms with E-state index in [1.807, 2.05) is 100 Å². The molecule has 1 saturated heterocycles. The molecule has 0 unspecified atom stereocenters. The van der Waals surface area contributed by atoms with Crippen molar-refractivity contribution in [2.75, 3.05) is 21.3 Å². The molecule has 2 heterocycles. The van der Waals surface area contributed by atoms with Crippen molar-refractivity contribution in [1.82, 2.24) is 24.5 Å². The zero-order valence-electron chi connectivity index (χ0n) is 29.9. The van der Waals surface area contributed by atoms with Crippen LogP contribution in [0.5, 0.6) is 17.2 Å². The van der Waals surface area contributed by atoms with Crippen LogP contribution < -0.4 is 19.7 Å². The van der Waals surface area contributed by atoms with Crippen molar-refractivity contribution in [3.05, 3.63) is 108 Å². The van der Waals surface area contributed by atoms with Gasteiger partial charge >= 0.3 is 7.12 Å². The Bertz CT molecular complexity index is 2000. The maximum absolute atomic E-state index is 15.1. The number of rotatable bonds is 13. The summed E-state index contributed by atoms with van der Waals surface area (Å²) in [5.41, 5.74) is 1.84. The van der Waals surface area contributed by atoms with E-state index in [1.54, 1.807) is 39.5 Å². The Labute approximate surface area is 299 Å². The van der Waals surface area contributed by atoms with Gasteiger partial charge in [0.2, 0.25) is 15.8 Å². The van der Waals surface area contributed by atoms with Gasteiger partial charge in [-0.3, -0.25) is 0 Å². The molecule has 0 N–H and O–H groups in total. The quantitative estimate of drug-likeness (QED) is 0.152. The first-order valence-corrected chi connectivity index (χ1v) is 17.9. The van der Waals surface area contributed by atoms with Gasteiger partial charge in [-0.2, -0.15) is 9.10 Å². The van der Waals surface area contributed by atoms with Gasteiger partial charge in [0, 0.05) is 18.7 Å². The Morgan fingerprint density at radius 3 is 1.65 bits per heavy atom. The predicted molar refractivity (Wildman–Crippen MR) is 193 cm³/mol. The average molecular weight is 712 g/mol. The zero-order chi connectivity index (χ0) is 36.4. The first-order chi connectivity index (χ1) is 24.3. The van der Waals surface area contributed by atoms with E-state index < -0.39 is 28.3 Å². The second-order valence-electron chi connectivity index (χ2n) is 13.3. The molecule has 0 saturated carbocycles. The van der Waals surface area contributed by atoms with Crippen molar-refractivity contribution in [1.29, 1.82) is 0 Å². The number of sulfonamides is 1. The highest BCUT2D eigenvalue weighted by Crippen LogP contribution is 2.38. The molecule has 0 radical (unpaired) electrons. The second kappa shape index (κ2) is 14.5. The number of hydrogen-bond donors (Lipinski definition) is 0. The van der Waals surface area contributed by atoms with Crippen molar-refractivity contribution in [3.8, 4) is 28.6 Å². The normalized spacial score (nSPS) is 15.3. The molecule has 1 fully saturated rings. The minimum Gasteiger partial charge on any atom is -0.497 e. The lowest BCUT2D eigenvalue weighted by atomic mass is 9.75. The monoisotopic (exact) mass is 711 g/mol. The minimum absolute atomic E-state index is 0.000679. The number of tetrazole rings is 1. The van der Waals surface area contributed by atoms with Crippen LogP contribution in [0.1, 0.15) is 44.4 Å². The maximum atomic E-state index is 15.1. The van der Waals surface area contributed by atoms with E-state index in [-0.39, 0.29) is 29.4 Å². The Kier molecular flexibility index (Phi) is 10.2. The van der Waals surface area contributed by atoms with Crippen LogP contribution in [0, 0.1) is 0 Å². The van der Waals surface area contributed by atoms with Crippen molar-refractivity contribution >= 4 is 22.6 Å². The summed E-state index contributed by atoms with van der Waals surface area (Å²) in [6.45, 7) is 8.25. The number of hydrogen-bond acceptors (Lipinski definition) is 10. The Morgan fingerprint density at radius 1 is 0.706 bits per heavy atom. The molecule has 1 aliphatic rings. The molecular formula is C37H42BN5O7S. The lowest BCUT2D eigenvalue weighted by Crippen LogP contribution is -2.41. The summed E-state index contributed by atoms with van der Waals surface area (Å²) in [7, 11) is -0.357. The Morgan fingerprint density at radius 2 is 1.18 bits per heavy atom. The standard InChI is InChI=1S/C37H42BN5O7S/c1-36(2)37(3,4)50-38(49-36)32-9-8-10-33(34(32)35-39-41-43(40-35)25-28-15-21-31(48-7)22-16-28)51(44,45)42(23-26-11-17-29(46-5)18-12-26)24-27-13-19-30(47-6)20-14-27/h8-22H,23-25H2,1-7H3. The Hall–Kier alpha value is -4.76. The lowest BCUT2D eigenvalue weighted by molar-refractivity contribution is 0.00578. The molecule has 51 heavy (non-hydrogen) atoms. The molecule has 0 aliphatic carbocycles. The molecule has 266 valence electrons. The fourth-order valence-electron chi connectivity index (χ4n) is 5.71. The molecule has 14 heteroatoms. The molecule has 1 aliphatic heterocycles. The van der Waals surface area contributed by atoms with Gasteiger partial charge in [-0.1, -0.05) is 48.5 Å². The third-order valence-electron chi connectivity index (χ3n) is 9.38. The highest BCUT2D eigenvalue weighted by Gasteiger charge is 2.53. The first-order valence-electron chi connectivity index (χ1n) is 16.5. The van der Waals surface area contributed by atoms with Crippen molar-refractivity contribution in [2.45, 2.75) is 63.4 Å². The van der Waals surface area contributed by atoms with Gasteiger partial charge in [-0.15, -0.1) is 10.2 Å². The highest BCUT2D eigenvalue weighted by atomic mass is 32.2. The van der Waals surface area contributed by atoms with Crippen molar-refractivity contribution < 1.29 is 31.9 Å². The number of nitrogens with zero attached hydrogens (tertiary/aromatic N) is 5. The molecule has 12 nitrogen and oxygen atoms in total. The molecule has 0 amide bonds. The number of methoxy groups -OCH3 is 3. The Balaban J connectivity index is 1.46. The summed E-state index contributed by atoms with van der Waals surface area (Å²) in [4.78, 5) is 1.43. The van der Waals surface area contributed by atoms with Gasteiger partial charge in [0.25, 0.3) is 0 Å². The van der Waals surface area contributed by atoms with E-state index in [0.29, 0.717) is 23.5 Å². The van der Waals surface area contributed by atoms with E-state index in [1.165, 1.54) is 9.10 Å². The van der Waals surface area contributed by atoms with Gasteiger partial charge in [0.1, 0.15) is 17.2 Å². The fraction of sp³-hybridized carbons (Fsp3) is 0.324. The van der Waals surface area contributed by atoms with Gasteiger partial charge in [0.05, 0.1) is 44.0 Å². The largest absolute Gasteiger partial charge is 0.497 e.